The predicted molar refractivity (Wildman–Crippen MR) is 125 cm³/mol. The Hall–Kier alpha value is -3.01. The van der Waals surface area contributed by atoms with E-state index in [1.54, 1.807) is 18.7 Å². The molecule has 9 heteroatoms. The van der Waals surface area contributed by atoms with Gasteiger partial charge >= 0.3 is 0 Å². The van der Waals surface area contributed by atoms with Crippen LogP contribution in [-0.2, 0) is 21.4 Å². The van der Waals surface area contributed by atoms with Crippen molar-refractivity contribution in [2.75, 3.05) is 37.6 Å². The zero-order chi connectivity index (χ0) is 23.4. The molecule has 4 rings (SSSR count). The highest BCUT2D eigenvalue weighted by Crippen LogP contribution is 2.24. The predicted octanol–water partition coefficient (Wildman–Crippen LogP) is 2.83. The number of piperazine rings is 1. The fourth-order valence-electron chi connectivity index (χ4n) is 4.07. The molecule has 0 radical (unpaired) electrons. The van der Waals surface area contributed by atoms with Crippen LogP contribution in [0.25, 0.3) is 0 Å². The average Bonchev–Trinajstić information content (AvgIpc) is 3.17. The van der Waals surface area contributed by atoms with Gasteiger partial charge in [0.15, 0.2) is 5.76 Å². The van der Waals surface area contributed by atoms with Crippen LogP contribution >= 0.6 is 0 Å². The molecule has 1 fully saturated rings. The molecule has 174 valence electrons. The number of nitrogens with zero attached hydrogens (tertiary/aromatic N) is 4. The van der Waals surface area contributed by atoms with Gasteiger partial charge in [0.1, 0.15) is 10.6 Å². The van der Waals surface area contributed by atoms with E-state index >= 15 is 0 Å². The molecular formula is C24H28N4O4S. The van der Waals surface area contributed by atoms with Crippen molar-refractivity contribution >= 4 is 21.6 Å². The molecule has 0 atom stereocenters. The van der Waals surface area contributed by atoms with Crippen molar-refractivity contribution in [1.82, 2.24) is 14.4 Å². The molecular weight excluding hydrogens is 440 g/mol. The van der Waals surface area contributed by atoms with E-state index in [-0.39, 0.29) is 17.3 Å². The number of hydrogen-bond acceptors (Lipinski definition) is 6. The van der Waals surface area contributed by atoms with Crippen LogP contribution in [0.5, 0.6) is 0 Å². The second kappa shape index (κ2) is 9.86. The van der Waals surface area contributed by atoms with Crippen molar-refractivity contribution in [2.24, 2.45) is 0 Å². The molecule has 1 amide bonds. The number of carbonyl (C=O) groups is 1. The van der Waals surface area contributed by atoms with E-state index in [1.165, 1.54) is 4.31 Å². The number of hydrogen-bond donors (Lipinski definition) is 0. The van der Waals surface area contributed by atoms with Gasteiger partial charge in [-0.1, -0.05) is 53.7 Å². The summed E-state index contributed by atoms with van der Waals surface area (Å²) in [5, 5.41) is 3.77. The summed E-state index contributed by atoms with van der Waals surface area (Å²) in [5.74, 6) is 0.275. The highest BCUT2D eigenvalue weighted by Gasteiger charge is 2.34. The topological polar surface area (TPSA) is 87.0 Å². The van der Waals surface area contributed by atoms with E-state index in [4.69, 9.17) is 4.52 Å². The Morgan fingerprint density at radius 3 is 2.15 bits per heavy atom. The minimum Gasteiger partial charge on any atom is -0.360 e. The lowest BCUT2D eigenvalue weighted by atomic mass is 10.2. The molecule has 1 aromatic heterocycles. The third-order valence-corrected chi connectivity index (χ3v) is 7.95. The van der Waals surface area contributed by atoms with Gasteiger partial charge in [0, 0.05) is 31.9 Å². The Kier molecular flexibility index (Phi) is 6.92. The Bertz CT molecular complexity index is 1170. The summed E-state index contributed by atoms with van der Waals surface area (Å²) in [6, 6.07) is 19.5. The van der Waals surface area contributed by atoms with Gasteiger partial charge in [-0.15, -0.1) is 0 Å². The standard InChI is InChI=1S/C24H28N4O4S/c1-19-24(20(2)32-25-19)33(30,31)27-15-13-26(14-16-27)18-23(29)28(22-11-7-4-8-12-22)17-21-9-5-3-6-10-21/h3-12H,13-18H2,1-2H3. The highest BCUT2D eigenvalue weighted by molar-refractivity contribution is 7.89. The maximum Gasteiger partial charge on any atom is 0.248 e. The first-order valence-electron chi connectivity index (χ1n) is 10.9. The second-order valence-electron chi connectivity index (χ2n) is 8.13. The van der Waals surface area contributed by atoms with Crippen LogP contribution in [0.15, 0.2) is 70.1 Å². The molecule has 1 aliphatic heterocycles. The van der Waals surface area contributed by atoms with Crippen LogP contribution in [0.3, 0.4) is 0 Å². The molecule has 1 saturated heterocycles. The number of amides is 1. The first-order valence-corrected chi connectivity index (χ1v) is 12.3. The number of sulfonamides is 1. The molecule has 0 bridgehead atoms. The molecule has 0 aliphatic carbocycles. The van der Waals surface area contributed by atoms with Crippen LogP contribution in [0.4, 0.5) is 5.69 Å². The number of carbonyl (C=O) groups excluding carboxylic acids is 1. The first-order chi connectivity index (χ1) is 15.9. The van der Waals surface area contributed by atoms with Crippen molar-refractivity contribution in [3.05, 3.63) is 77.7 Å². The molecule has 2 aromatic carbocycles. The second-order valence-corrected chi connectivity index (χ2v) is 10.0. The maximum absolute atomic E-state index is 13.3. The van der Waals surface area contributed by atoms with Crippen molar-refractivity contribution in [3.63, 3.8) is 0 Å². The van der Waals surface area contributed by atoms with Crippen LogP contribution in [0, 0.1) is 13.8 Å². The lowest BCUT2D eigenvalue weighted by Gasteiger charge is -2.34. The fraction of sp³-hybridized carbons (Fsp3) is 0.333. The largest absolute Gasteiger partial charge is 0.360 e. The van der Waals surface area contributed by atoms with E-state index in [2.05, 4.69) is 5.16 Å². The summed E-state index contributed by atoms with van der Waals surface area (Å²) in [7, 11) is -3.68. The average molecular weight is 469 g/mol. The Morgan fingerprint density at radius 2 is 1.58 bits per heavy atom. The smallest absolute Gasteiger partial charge is 0.248 e. The van der Waals surface area contributed by atoms with E-state index in [0.717, 1.165) is 11.3 Å². The van der Waals surface area contributed by atoms with E-state index in [0.29, 0.717) is 44.2 Å². The van der Waals surface area contributed by atoms with Gasteiger partial charge < -0.3 is 9.42 Å². The van der Waals surface area contributed by atoms with Crippen molar-refractivity contribution in [1.29, 1.82) is 0 Å². The SMILES string of the molecule is Cc1noc(C)c1S(=O)(=O)N1CCN(CC(=O)N(Cc2ccccc2)c2ccccc2)CC1. The fourth-order valence-corrected chi connectivity index (χ4v) is 5.79. The monoisotopic (exact) mass is 468 g/mol. The summed E-state index contributed by atoms with van der Waals surface area (Å²) < 4.78 is 32.6. The zero-order valence-electron chi connectivity index (χ0n) is 18.8. The normalized spacial score (nSPS) is 15.5. The van der Waals surface area contributed by atoms with Gasteiger partial charge in [0.25, 0.3) is 0 Å². The zero-order valence-corrected chi connectivity index (χ0v) is 19.7. The summed E-state index contributed by atoms with van der Waals surface area (Å²) >= 11 is 0. The van der Waals surface area contributed by atoms with Gasteiger partial charge in [-0.25, -0.2) is 8.42 Å². The number of benzene rings is 2. The molecule has 33 heavy (non-hydrogen) atoms. The number of aryl methyl sites for hydroxylation is 2. The van der Waals surface area contributed by atoms with Crippen LogP contribution in [-0.4, -0.2) is 61.4 Å². The van der Waals surface area contributed by atoms with E-state index < -0.39 is 10.0 Å². The van der Waals surface area contributed by atoms with E-state index in [1.807, 2.05) is 65.6 Å². The number of rotatable bonds is 7. The van der Waals surface area contributed by atoms with Crippen molar-refractivity contribution < 1.29 is 17.7 Å². The third kappa shape index (κ3) is 5.16. The lowest BCUT2D eigenvalue weighted by molar-refractivity contribution is -0.120. The van der Waals surface area contributed by atoms with Crippen LogP contribution in [0.1, 0.15) is 17.0 Å². The van der Waals surface area contributed by atoms with Crippen molar-refractivity contribution in [3.8, 4) is 0 Å². The Labute approximate surface area is 194 Å². The highest BCUT2D eigenvalue weighted by atomic mass is 32.2. The van der Waals surface area contributed by atoms with E-state index in [9.17, 15) is 13.2 Å². The Morgan fingerprint density at radius 1 is 0.970 bits per heavy atom. The summed E-state index contributed by atoms with van der Waals surface area (Å²) in [5.41, 5.74) is 2.25. The molecule has 2 heterocycles. The molecule has 1 aliphatic rings. The van der Waals surface area contributed by atoms with Crippen LogP contribution < -0.4 is 4.90 Å². The van der Waals surface area contributed by atoms with Gasteiger partial charge in [-0.05, 0) is 31.5 Å². The molecule has 8 nitrogen and oxygen atoms in total. The lowest BCUT2D eigenvalue weighted by Crippen LogP contribution is -2.51. The molecule has 0 N–H and O–H groups in total. The summed E-state index contributed by atoms with van der Waals surface area (Å²) in [6.07, 6.45) is 0. The maximum atomic E-state index is 13.3. The van der Waals surface area contributed by atoms with Crippen LogP contribution in [0.2, 0.25) is 0 Å². The summed E-state index contributed by atoms with van der Waals surface area (Å²) in [6.45, 7) is 5.50. The quantitative estimate of drug-likeness (QED) is 0.530. The molecule has 0 spiro atoms. The molecule has 0 unspecified atom stereocenters. The Balaban J connectivity index is 1.43. The minimum atomic E-state index is -3.68. The van der Waals surface area contributed by atoms with Gasteiger partial charge in [0.2, 0.25) is 15.9 Å². The molecule has 0 saturated carbocycles. The number of anilines is 1. The first kappa shape index (κ1) is 23.2. The van der Waals surface area contributed by atoms with Gasteiger partial charge in [-0.2, -0.15) is 4.31 Å². The number of aromatic nitrogens is 1. The third-order valence-electron chi connectivity index (χ3n) is 5.81. The molecule has 3 aromatic rings. The van der Waals surface area contributed by atoms with Gasteiger partial charge in [-0.3, -0.25) is 9.69 Å². The van der Waals surface area contributed by atoms with Gasteiger partial charge in [0.05, 0.1) is 13.1 Å². The van der Waals surface area contributed by atoms with Crippen molar-refractivity contribution in [2.45, 2.75) is 25.3 Å². The minimum absolute atomic E-state index is 0.0212. The number of para-hydroxylation sites is 1. The summed E-state index contributed by atoms with van der Waals surface area (Å²) in [4.78, 5) is 17.2.